The molecule has 2 heterocycles. The van der Waals surface area contributed by atoms with Gasteiger partial charge in [-0.1, -0.05) is 53.7 Å². The van der Waals surface area contributed by atoms with Gasteiger partial charge in [0.2, 0.25) is 11.8 Å². The Balaban J connectivity index is 1.39. The Kier molecular flexibility index (Phi) is 6.19. The zero-order valence-electron chi connectivity index (χ0n) is 17.2. The van der Waals surface area contributed by atoms with Crippen LogP contribution in [0.25, 0.3) is 22.8 Å². The summed E-state index contributed by atoms with van der Waals surface area (Å²) in [5.41, 5.74) is 2.69. The molecule has 0 saturated carbocycles. The van der Waals surface area contributed by atoms with Crippen molar-refractivity contribution in [1.82, 2.24) is 25.0 Å². The minimum Gasteiger partial charge on any atom is -0.420 e. The first-order valence-corrected chi connectivity index (χ1v) is 11.5. The Labute approximate surface area is 198 Å². The van der Waals surface area contributed by atoms with Crippen LogP contribution >= 0.6 is 23.4 Å². The molecule has 0 aliphatic rings. The standard InChI is InChI=1S/C24H17ClFN5OS/c25-19-10-6-18(7-11-19)23-29-27-21(32-23)15-33-24-30-28-22(17-8-12-20(26)13-9-17)31(24)14-16-4-2-1-3-5-16/h1-13H,14-15H2. The van der Waals surface area contributed by atoms with Gasteiger partial charge in [-0.05, 0) is 54.1 Å². The number of halogens is 2. The van der Waals surface area contributed by atoms with Crippen molar-refractivity contribution in [2.24, 2.45) is 0 Å². The van der Waals surface area contributed by atoms with E-state index in [9.17, 15) is 4.39 Å². The minimum atomic E-state index is -0.296. The molecular weight excluding hydrogens is 461 g/mol. The quantitative estimate of drug-likeness (QED) is 0.263. The van der Waals surface area contributed by atoms with E-state index in [4.69, 9.17) is 16.0 Å². The second kappa shape index (κ2) is 9.56. The first-order chi connectivity index (χ1) is 16.2. The Hall–Kier alpha value is -3.49. The summed E-state index contributed by atoms with van der Waals surface area (Å²) < 4.78 is 21.2. The van der Waals surface area contributed by atoms with Gasteiger partial charge >= 0.3 is 0 Å². The van der Waals surface area contributed by atoms with Crippen LogP contribution in [0, 0.1) is 5.82 Å². The van der Waals surface area contributed by atoms with Crippen molar-refractivity contribution in [3.05, 3.63) is 101 Å². The maximum absolute atomic E-state index is 13.4. The molecule has 0 radical (unpaired) electrons. The van der Waals surface area contributed by atoms with E-state index in [0.717, 1.165) is 16.7 Å². The van der Waals surface area contributed by atoms with E-state index in [0.29, 0.717) is 40.1 Å². The fourth-order valence-corrected chi connectivity index (χ4v) is 4.16. The summed E-state index contributed by atoms with van der Waals surface area (Å²) in [6.45, 7) is 0.572. The Morgan fingerprint density at radius 2 is 1.55 bits per heavy atom. The monoisotopic (exact) mass is 477 g/mol. The Bertz CT molecular complexity index is 1350. The van der Waals surface area contributed by atoms with Crippen molar-refractivity contribution in [1.29, 1.82) is 0 Å². The normalized spacial score (nSPS) is 11.1. The molecule has 5 rings (SSSR count). The summed E-state index contributed by atoms with van der Waals surface area (Å²) in [6.07, 6.45) is 0. The highest BCUT2D eigenvalue weighted by Crippen LogP contribution is 2.28. The van der Waals surface area contributed by atoms with Crippen LogP contribution in [0.15, 0.2) is 88.4 Å². The lowest BCUT2D eigenvalue weighted by Crippen LogP contribution is -2.04. The van der Waals surface area contributed by atoms with Gasteiger partial charge < -0.3 is 4.42 Å². The van der Waals surface area contributed by atoms with Gasteiger partial charge in [-0.2, -0.15) is 0 Å². The van der Waals surface area contributed by atoms with Gasteiger partial charge in [0.1, 0.15) is 5.82 Å². The van der Waals surface area contributed by atoms with Gasteiger partial charge in [0, 0.05) is 16.1 Å². The fourth-order valence-electron chi connectivity index (χ4n) is 3.26. The van der Waals surface area contributed by atoms with E-state index in [1.54, 1.807) is 24.3 Å². The van der Waals surface area contributed by atoms with Crippen molar-refractivity contribution < 1.29 is 8.81 Å². The zero-order valence-corrected chi connectivity index (χ0v) is 18.8. The van der Waals surface area contributed by atoms with Gasteiger partial charge in [-0.25, -0.2) is 4.39 Å². The summed E-state index contributed by atoms with van der Waals surface area (Å²) in [7, 11) is 0. The van der Waals surface area contributed by atoms with Gasteiger partial charge in [-0.3, -0.25) is 4.57 Å². The maximum Gasteiger partial charge on any atom is 0.247 e. The summed E-state index contributed by atoms with van der Waals surface area (Å²) in [5.74, 6) is 1.70. The van der Waals surface area contributed by atoms with Gasteiger partial charge in [0.05, 0.1) is 12.3 Å². The van der Waals surface area contributed by atoms with E-state index >= 15 is 0 Å². The molecule has 5 aromatic rings. The number of nitrogens with zero attached hydrogens (tertiary/aromatic N) is 5. The first-order valence-electron chi connectivity index (χ1n) is 10.1. The number of rotatable bonds is 7. The first kappa shape index (κ1) is 21.4. The van der Waals surface area contributed by atoms with Crippen molar-refractivity contribution in [3.63, 3.8) is 0 Å². The summed E-state index contributed by atoms with van der Waals surface area (Å²) >= 11 is 7.39. The molecule has 0 amide bonds. The molecule has 6 nitrogen and oxygen atoms in total. The number of thioether (sulfide) groups is 1. The molecule has 0 N–H and O–H groups in total. The van der Waals surface area contributed by atoms with Gasteiger partial charge in [0.25, 0.3) is 0 Å². The third-order valence-electron chi connectivity index (χ3n) is 4.89. The minimum absolute atomic E-state index is 0.296. The van der Waals surface area contributed by atoms with Crippen LogP contribution in [0.5, 0.6) is 0 Å². The van der Waals surface area contributed by atoms with Crippen molar-refractivity contribution in [2.75, 3.05) is 0 Å². The lowest BCUT2D eigenvalue weighted by Gasteiger charge is -2.10. The van der Waals surface area contributed by atoms with Crippen molar-refractivity contribution >= 4 is 23.4 Å². The van der Waals surface area contributed by atoms with E-state index in [1.807, 2.05) is 47.0 Å². The zero-order chi connectivity index (χ0) is 22.6. The molecule has 0 fully saturated rings. The Morgan fingerprint density at radius 3 is 2.30 bits per heavy atom. The van der Waals surface area contributed by atoms with E-state index < -0.39 is 0 Å². The largest absolute Gasteiger partial charge is 0.420 e. The van der Waals surface area contributed by atoms with Crippen molar-refractivity contribution in [3.8, 4) is 22.8 Å². The van der Waals surface area contributed by atoms with Crippen LogP contribution in [0.4, 0.5) is 4.39 Å². The molecule has 0 unspecified atom stereocenters. The number of aromatic nitrogens is 5. The average Bonchev–Trinajstić information content (AvgIpc) is 3.47. The number of hydrogen-bond acceptors (Lipinski definition) is 6. The van der Waals surface area contributed by atoms with Crippen LogP contribution in [0.1, 0.15) is 11.5 Å². The Morgan fingerprint density at radius 1 is 0.818 bits per heavy atom. The molecule has 0 bridgehead atoms. The SMILES string of the molecule is Fc1ccc(-c2nnc(SCc3nnc(-c4ccc(Cl)cc4)o3)n2Cc2ccccc2)cc1. The molecule has 0 aliphatic heterocycles. The average molecular weight is 478 g/mol. The molecule has 0 saturated heterocycles. The van der Waals surface area contributed by atoms with E-state index in [-0.39, 0.29) is 5.82 Å². The summed E-state index contributed by atoms with van der Waals surface area (Å²) in [5, 5.41) is 18.4. The molecule has 164 valence electrons. The smallest absolute Gasteiger partial charge is 0.247 e. The van der Waals surface area contributed by atoms with Crippen LogP contribution in [0.2, 0.25) is 5.02 Å². The highest BCUT2D eigenvalue weighted by molar-refractivity contribution is 7.98. The van der Waals surface area contributed by atoms with Gasteiger partial charge in [-0.15, -0.1) is 20.4 Å². The van der Waals surface area contributed by atoms with Crippen LogP contribution in [0.3, 0.4) is 0 Å². The predicted octanol–water partition coefficient (Wildman–Crippen LogP) is 6.13. The highest BCUT2D eigenvalue weighted by Gasteiger charge is 2.17. The summed E-state index contributed by atoms with van der Waals surface area (Å²) in [4.78, 5) is 0. The molecule has 9 heteroatoms. The van der Waals surface area contributed by atoms with Crippen LogP contribution in [-0.2, 0) is 12.3 Å². The fraction of sp³-hybridized carbons (Fsp3) is 0.0833. The highest BCUT2D eigenvalue weighted by atomic mass is 35.5. The molecule has 0 atom stereocenters. The third-order valence-corrected chi connectivity index (χ3v) is 6.09. The molecule has 3 aromatic carbocycles. The number of hydrogen-bond donors (Lipinski definition) is 0. The summed E-state index contributed by atoms with van der Waals surface area (Å²) in [6, 6.07) is 23.5. The van der Waals surface area contributed by atoms with E-state index in [1.165, 1.54) is 23.9 Å². The second-order valence-corrected chi connectivity index (χ2v) is 8.56. The van der Waals surface area contributed by atoms with Crippen molar-refractivity contribution in [2.45, 2.75) is 17.5 Å². The van der Waals surface area contributed by atoms with E-state index in [2.05, 4.69) is 20.4 Å². The van der Waals surface area contributed by atoms with Gasteiger partial charge in [0.15, 0.2) is 11.0 Å². The molecule has 33 heavy (non-hydrogen) atoms. The molecule has 0 aliphatic carbocycles. The second-order valence-electron chi connectivity index (χ2n) is 7.18. The lowest BCUT2D eigenvalue weighted by molar-refractivity contribution is 0.528. The van der Waals surface area contributed by atoms with Crippen LogP contribution in [-0.4, -0.2) is 25.0 Å². The maximum atomic E-state index is 13.4. The predicted molar refractivity (Wildman–Crippen MR) is 125 cm³/mol. The topological polar surface area (TPSA) is 69.6 Å². The van der Waals surface area contributed by atoms with Crippen LogP contribution < -0.4 is 0 Å². The lowest BCUT2D eigenvalue weighted by atomic mass is 10.2. The number of benzene rings is 3. The molecule has 0 spiro atoms. The third kappa shape index (κ3) is 4.97. The molecule has 2 aromatic heterocycles. The molecular formula is C24H17ClFN5OS.